The molecule has 21 heavy (non-hydrogen) atoms. The fourth-order valence-corrected chi connectivity index (χ4v) is 3.10. The van der Waals surface area contributed by atoms with Gasteiger partial charge in [0.05, 0.1) is 5.92 Å². The van der Waals surface area contributed by atoms with Crippen LogP contribution in [0.1, 0.15) is 25.7 Å². The highest BCUT2D eigenvalue weighted by Crippen LogP contribution is 2.21. The molecule has 1 saturated heterocycles. The lowest BCUT2D eigenvalue weighted by molar-refractivity contribution is -0.143. The molecule has 6 heteroatoms. The predicted molar refractivity (Wildman–Crippen MR) is 82.8 cm³/mol. The fraction of sp³-hybridized carbons (Fsp3) is 0.600. The van der Waals surface area contributed by atoms with Crippen LogP contribution in [0.3, 0.4) is 0 Å². The fourth-order valence-electron chi connectivity index (χ4n) is 2.55. The monoisotopic (exact) mass is 310 g/mol. The second kappa shape index (κ2) is 8.14. The number of rotatable bonds is 8. The summed E-state index contributed by atoms with van der Waals surface area (Å²) in [5.41, 5.74) is 0. The molecule has 0 spiro atoms. The molecule has 5 nitrogen and oxygen atoms in total. The van der Waals surface area contributed by atoms with E-state index in [1.54, 1.807) is 6.20 Å². The van der Waals surface area contributed by atoms with E-state index >= 15 is 0 Å². The summed E-state index contributed by atoms with van der Waals surface area (Å²) in [6, 6.07) is 0. The molecule has 0 bridgehead atoms. The second-order valence-corrected chi connectivity index (χ2v) is 6.17. The van der Waals surface area contributed by atoms with Crippen LogP contribution in [-0.4, -0.2) is 46.7 Å². The van der Waals surface area contributed by atoms with Crippen LogP contribution in [0.4, 0.5) is 0 Å². The van der Waals surface area contributed by atoms with Crippen LogP contribution < -0.4 is 4.74 Å². The molecule has 1 atom stereocenters. The lowest BCUT2D eigenvalue weighted by Crippen LogP contribution is -2.42. The van der Waals surface area contributed by atoms with Crippen LogP contribution in [0.15, 0.2) is 24.2 Å². The Bertz CT molecular complexity index is 442. The van der Waals surface area contributed by atoms with Crippen LogP contribution in [0.2, 0.25) is 0 Å². The van der Waals surface area contributed by atoms with Crippen LogP contribution in [0.25, 0.3) is 0 Å². The van der Waals surface area contributed by atoms with Crippen molar-refractivity contribution in [3.05, 3.63) is 24.2 Å². The van der Waals surface area contributed by atoms with E-state index in [0.29, 0.717) is 5.19 Å². The number of hydrogen-bond acceptors (Lipinski definition) is 5. The Hall–Kier alpha value is -1.40. The van der Waals surface area contributed by atoms with Gasteiger partial charge >= 0.3 is 5.97 Å². The molecule has 1 fully saturated rings. The summed E-state index contributed by atoms with van der Waals surface area (Å²) in [6.45, 7) is 6.22. The third-order valence-electron chi connectivity index (χ3n) is 3.77. The van der Waals surface area contributed by atoms with Crippen molar-refractivity contribution in [2.75, 3.05) is 19.6 Å². The average molecular weight is 310 g/mol. The molecule has 1 aromatic heterocycles. The van der Waals surface area contributed by atoms with E-state index in [2.05, 4.69) is 16.5 Å². The van der Waals surface area contributed by atoms with Gasteiger partial charge in [-0.2, -0.15) is 0 Å². The maximum Gasteiger partial charge on any atom is 0.306 e. The molecule has 0 saturated carbocycles. The second-order valence-electron chi connectivity index (χ2n) is 5.32. The van der Waals surface area contributed by atoms with Gasteiger partial charge in [0.1, 0.15) is 6.10 Å². The van der Waals surface area contributed by atoms with Gasteiger partial charge in [0.15, 0.2) is 0 Å². The molecular formula is C15H22N2O3S. The number of ether oxygens (including phenoxy) is 1. The molecule has 0 unspecified atom stereocenters. The highest BCUT2D eigenvalue weighted by atomic mass is 32.1. The van der Waals surface area contributed by atoms with Crippen molar-refractivity contribution in [3.8, 4) is 5.19 Å². The van der Waals surface area contributed by atoms with Gasteiger partial charge in [0.2, 0.25) is 0 Å². The number of piperidine rings is 1. The Kier molecular flexibility index (Phi) is 6.20. The molecule has 1 aromatic rings. The smallest absolute Gasteiger partial charge is 0.306 e. The Morgan fingerprint density at radius 1 is 1.62 bits per heavy atom. The topological polar surface area (TPSA) is 62.7 Å². The van der Waals surface area contributed by atoms with Crippen molar-refractivity contribution >= 4 is 17.3 Å². The number of carboxylic acid groups (broad SMARTS) is 1. The first kappa shape index (κ1) is 16.0. The zero-order valence-electron chi connectivity index (χ0n) is 12.1. The van der Waals surface area contributed by atoms with Crippen molar-refractivity contribution in [3.63, 3.8) is 0 Å². The molecule has 1 N–H and O–H groups in total. The van der Waals surface area contributed by atoms with E-state index in [-0.39, 0.29) is 12.0 Å². The van der Waals surface area contributed by atoms with E-state index in [9.17, 15) is 4.79 Å². The predicted octanol–water partition coefficient (Wildman–Crippen LogP) is 2.65. The minimum absolute atomic E-state index is 0.0792. The molecule has 0 aliphatic carbocycles. The molecule has 0 amide bonds. The minimum Gasteiger partial charge on any atom is -0.481 e. The number of thiazole rings is 1. The SMILES string of the molecule is C=CCC[C@@H](CN1CCC(C(=O)O)CC1)Oc1nccs1. The summed E-state index contributed by atoms with van der Waals surface area (Å²) in [4.78, 5) is 17.4. The van der Waals surface area contributed by atoms with Gasteiger partial charge in [-0.1, -0.05) is 17.4 Å². The number of carboxylic acids is 1. The van der Waals surface area contributed by atoms with Gasteiger partial charge < -0.3 is 9.84 Å². The van der Waals surface area contributed by atoms with Crippen molar-refractivity contribution in [2.24, 2.45) is 5.92 Å². The summed E-state index contributed by atoms with van der Waals surface area (Å²) in [6.07, 6.45) is 6.97. The van der Waals surface area contributed by atoms with Gasteiger partial charge in [0, 0.05) is 18.1 Å². The maximum absolute atomic E-state index is 11.0. The molecular weight excluding hydrogens is 288 g/mol. The molecule has 1 aliphatic rings. The number of hydrogen-bond donors (Lipinski definition) is 1. The number of carbonyl (C=O) groups is 1. The molecule has 0 aromatic carbocycles. The average Bonchev–Trinajstić information content (AvgIpc) is 2.98. The quantitative estimate of drug-likeness (QED) is 0.748. The standard InChI is InChI=1S/C15H22N2O3S/c1-2-3-4-13(20-15-16-7-10-21-15)11-17-8-5-12(6-9-17)14(18)19/h2,7,10,12-13H,1,3-6,8-9,11H2,(H,18,19)/t13-/m0/s1. The van der Waals surface area contributed by atoms with Crippen LogP contribution in [-0.2, 0) is 4.79 Å². The highest BCUT2D eigenvalue weighted by molar-refractivity contribution is 7.11. The van der Waals surface area contributed by atoms with Gasteiger partial charge in [-0.15, -0.1) is 6.58 Å². The highest BCUT2D eigenvalue weighted by Gasteiger charge is 2.26. The normalized spacial score (nSPS) is 18.3. The summed E-state index contributed by atoms with van der Waals surface area (Å²) in [5, 5.41) is 11.6. The van der Waals surface area contributed by atoms with E-state index in [4.69, 9.17) is 9.84 Å². The molecule has 116 valence electrons. The van der Waals surface area contributed by atoms with E-state index in [1.165, 1.54) is 11.3 Å². The van der Waals surface area contributed by atoms with E-state index in [1.807, 2.05) is 11.5 Å². The number of aromatic nitrogens is 1. The van der Waals surface area contributed by atoms with Crippen LogP contribution >= 0.6 is 11.3 Å². The summed E-state index contributed by atoms with van der Waals surface area (Å²) in [7, 11) is 0. The summed E-state index contributed by atoms with van der Waals surface area (Å²) in [5.74, 6) is -0.857. The first-order valence-corrected chi connectivity index (χ1v) is 8.19. The van der Waals surface area contributed by atoms with Crippen molar-refractivity contribution in [2.45, 2.75) is 31.8 Å². The number of aliphatic carboxylic acids is 1. The first-order chi connectivity index (χ1) is 10.2. The van der Waals surface area contributed by atoms with Crippen molar-refractivity contribution in [1.29, 1.82) is 0 Å². The Labute approximate surface area is 129 Å². The summed E-state index contributed by atoms with van der Waals surface area (Å²) < 4.78 is 5.94. The molecule has 2 heterocycles. The maximum atomic E-state index is 11.0. The third kappa shape index (κ3) is 5.13. The Morgan fingerprint density at radius 3 is 2.95 bits per heavy atom. The van der Waals surface area contributed by atoms with Crippen molar-refractivity contribution < 1.29 is 14.6 Å². The zero-order chi connectivity index (χ0) is 15.1. The third-order valence-corrected chi connectivity index (χ3v) is 4.43. The lowest BCUT2D eigenvalue weighted by Gasteiger charge is -2.32. The van der Waals surface area contributed by atoms with Gasteiger partial charge in [-0.05, 0) is 38.8 Å². The number of likely N-dealkylation sites (tertiary alicyclic amines) is 1. The Balaban J connectivity index is 1.83. The van der Waals surface area contributed by atoms with Gasteiger partial charge in [-0.25, -0.2) is 4.98 Å². The molecule has 0 radical (unpaired) electrons. The first-order valence-electron chi connectivity index (χ1n) is 7.31. The van der Waals surface area contributed by atoms with E-state index < -0.39 is 5.97 Å². The zero-order valence-corrected chi connectivity index (χ0v) is 12.9. The summed E-state index contributed by atoms with van der Waals surface area (Å²) >= 11 is 1.50. The number of nitrogens with zero attached hydrogens (tertiary/aromatic N) is 2. The molecule has 1 aliphatic heterocycles. The van der Waals surface area contributed by atoms with Gasteiger partial charge in [0.25, 0.3) is 5.19 Å². The Morgan fingerprint density at radius 2 is 2.38 bits per heavy atom. The van der Waals surface area contributed by atoms with Crippen molar-refractivity contribution in [1.82, 2.24) is 9.88 Å². The minimum atomic E-state index is -0.670. The van der Waals surface area contributed by atoms with E-state index in [0.717, 1.165) is 45.3 Å². The van der Waals surface area contributed by atoms with Crippen LogP contribution in [0, 0.1) is 5.92 Å². The molecule has 2 rings (SSSR count). The lowest BCUT2D eigenvalue weighted by atomic mass is 9.97. The largest absolute Gasteiger partial charge is 0.481 e. The van der Waals surface area contributed by atoms with Gasteiger partial charge in [-0.3, -0.25) is 9.69 Å². The number of allylic oxidation sites excluding steroid dienone is 1. The van der Waals surface area contributed by atoms with Crippen LogP contribution in [0.5, 0.6) is 5.19 Å².